The number of hydrogen-bond acceptors (Lipinski definition) is 5. The fraction of sp³-hybridized carbons (Fsp3) is 0.158. The molecule has 4 rings (SSSR count). The van der Waals surface area contributed by atoms with Gasteiger partial charge in [0.1, 0.15) is 12.0 Å². The lowest BCUT2D eigenvalue weighted by Crippen LogP contribution is -2.45. The van der Waals surface area contributed by atoms with Crippen LogP contribution in [0.1, 0.15) is 18.1 Å². The molecule has 1 aromatic heterocycles. The number of hydrogen-bond donors (Lipinski definition) is 2. The van der Waals surface area contributed by atoms with Crippen LogP contribution in [0.5, 0.6) is 0 Å². The number of fused-ring (bicyclic) bond motifs is 1. The third kappa shape index (κ3) is 2.49. The van der Waals surface area contributed by atoms with Crippen molar-refractivity contribution in [2.45, 2.75) is 19.7 Å². The molecular weight excluding hydrogens is 300 g/mol. The summed E-state index contributed by atoms with van der Waals surface area (Å²) in [7, 11) is 0. The molecule has 120 valence electrons. The number of nitrogens with zero attached hydrogens (tertiary/aromatic N) is 3. The predicted molar refractivity (Wildman–Crippen MR) is 95.2 cm³/mol. The second kappa shape index (κ2) is 5.94. The summed E-state index contributed by atoms with van der Waals surface area (Å²) in [6.45, 7) is 2.06. The average molecular weight is 318 g/mol. The van der Waals surface area contributed by atoms with E-state index in [9.17, 15) is 5.11 Å². The summed E-state index contributed by atoms with van der Waals surface area (Å²) in [4.78, 5) is 10.9. The van der Waals surface area contributed by atoms with Crippen molar-refractivity contribution in [2.24, 2.45) is 4.99 Å². The van der Waals surface area contributed by atoms with Crippen molar-refractivity contribution in [1.82, 2.24) is 10.3 Å². The molecule has 2 aliphatic rings. The molecule has 2 aromatic rings. The van der Waals surface area contributed by atoms with Crippen LogP contribution < -0.4 is 10.2 Å². The predicted octanol–water partition coefficient (Wildman–Crippen LogP) is 2.67. The largest absolute Gasteiger partial charge is 0.392 e. The average Bonchev–Trinajstić information content (AvgIpc) is 2.97. The van der Waals surface area contributed by atoms with Gasteiger partial charge < -0.3 is 15.3 Å². The molecule has 2 aliphatic heterocycles. The minimum absolute atomic E-state index is 0.0295. The molecule has 1 unspecified atom stereocenters. The van der Waals surface area contributed by atoms with Crippen molar-refractivity contribution >= 4 is 17.2 Å². The normalized spacial score (nSPS) is 19.2. The number of nitrogens with one attached hydrogen (secondary N) is 1. The first-order chi connectivity index (χ1) is 11.8. The number of allylic oxidation sites excluding steroid dienone is 2. The summed E-state index contributed by atoms with van der Waals surface area (Å²) in [5, 5.41) is 12.8. The maximum Gasteiger partial charge on any atom is 0.148 e. The van der Waals surface area contributed by atoms with E-state index in [0.29, 0.717) is 0 Å². The Hall–Kier alpha value is -2.92. The van der Waals surface area contributed by atoms with Crippen molar-refractivity contribution < 1.29 is 5.11 Å². The lowest BCUT2D eigenvalue weighted by molar-refractivity contribution is 0.282. The Morgan fingerprint density at radius 3 is 2.54 bits per heavy atom. The molecule has 3 heterocycles. The molecule has 0 amide bonds. The third-order valence-electron chi connectivity index (χ3n) is 4.28. The van der Waals surface area contributed by atoms with E-state index in [1.54, 1.807) is 12.4 Å². The Morgan fingerprint density at radius 2 is 1.83 bits per heavy atom. The number of aliphatic hydroxyl groups excluding tert-OH is 1. The van der Waals surface area contributed by atoms with Crippen molar-refractivity contribution in [2.75, 3.05) is 4.90 Å². The SMILES string of the molecule is CC1=NC2=CC=C(c3ccncc3)NC2N1c1ccc(CO)cc1. The van der Waals surface area contributed by atoms with E-state index in [4.69, 9.17) is 0 Å². The van der Waals surface area contributed by atoms with E-state index in [1.807, 2.05) is 43.3 Å². The van der Waals surface area contributed by atoms with Gasteiger partial charge in [0.15, 0.2) is 0 Å². The van der Waals surface area contributed by atoms with Crippen LogP contribution in [0, 0.1) is 0 Å². The number of pyridine rings is 1. The molecule has 2 N–H and O–H groups in total. The van der Waals surface area contributed by atoms with E-state index < -0.39 is 0 Å². The van der Waals surface area contributed by atoms with E-state index in [0.717, 1.165) is 34.0 Å². The second-order valence-corrected chi connectivity index (χ2v) is 5.81. The molecule has 0 aliphatic carbocycles. The molecule has 0 bridgehead atoms. The van der Waals surface area contributed by atoms with Gasteiger partial charge in [-0.3, -0.25) is 4.98 Å². The highest BCUT2D eigenvalue weighted by Crippen LogP contribution is 2.31. The minimum Gasteiger partial charge on any atom is -0.392 e. The summed E-state index contributed by atoms with van der Waals surface area (Å²) in [6, 6.07) is 11.9. The summed E-state index contributed by atoms with van der Waals surface area (Å²) >= 11 is 0. The van der Waals surface area contributed by atoms with Crippen LogP contribution in [-0.4, -0.2) is 22.1 Å². The van der Waals surface area contributed by atoms with Gasteiger partial charge in [0, 0.05) is 29.3 Å². The number of rotatable bonds is 3. The van der Waals surface area contributed by atoms with Gasteiger partial charge in [0.25, 0.3) is 0 Å². The summed E-state index contributed by atoms with van der Waals surface area (Å²) < 4.78 is 0. The number of anilines is 1. The number of benzene rings is 1. The molecular formula is C19H18N4O. The van der Waals surface area contributed by atoms with Crippen LogP contribution in [0.25, 0.3) is 5.70 Å². The molecule has 24 heavy (non-hydrogen) atoms. The Balaban J connectivity index is 1.66. The first-order valence-electron chi connectivity index (χ1n) is 7.89. The van der Waals surface area contributed by atoms with Crippen molar-refractivity contribution in [1.29, 1.82) is 0 Å². The van der Waals surface area contributed by atoms with Crippen LogP contribution >= 0.6 is 0 Å². The Bertz CT molecular complexity index is 837. The standard InChI is InChI=1S/C19H18N4O/c1-13-21-18-7-6-17(15-8-10-20-11-9-15)22-19(18)23(13)16-4-2-14(12-24)3-5-16/h2-11,19,22,24H,12H2,1H3. The van der Waals surface area contributed by atoms with Crippen LogP contribution in [0.2, 0.25) is 0 Å². The third-order valence-corrected chi connectivity index (χ3v) is 4.28. The van der Waals surface area contributed by atoms with Crippen molar-refractivity contribution in [3.05, 3.63) is 77.8 Å². The Labute approximate surface area is 140 Å². The van der Waals surface area contributed by atoms with Gasteiger partial charge >= 0.3 is 0 Å². The van der Waals surface area contributed by atoms with Gasteiger partial charge in [-0.2, -0.15) is 0 Å². The number of aliphatic hydroxyl groups is 1. The number of aliphatic imine (C=N–C) groups is 1. The van der Waals surface area contributed by atoms with Gasteiger partial charge in [-0.25, -0.2) is 4.99 Å². The van der Waals surface area contributed by atoms with Crippen LogP contribution in [0.3, 0.4) is 0 Å². The van der Waals surface area contributed by atoms with Gasteiger partial charge in [-0.15, -0.1) is 0 Å². The van der Waals surface area contributed by atoms with Crippen LogP contribution in [-0.2, 0) is 6.61 Å². The number of amidine groups is 1. The fourth-order valence-corrected chi connectivity index (χ4v) is 3.06. The molecule has 1 aromatic carbocycles. The van der Waals surface area contributed by atoms with Gasteiger partial charge in [-0.05, 0) is 48.9 Å². The molecule has 1 atom stereocenters. The highest BCUT2D eigenvalue weighted by atomic mass is 16.3. The van der Waals surface area contributed by atoms with Gasteiger partial charge in [0.2, 0.25) is 0 Å². The number of dihydropyridines is 1. The quantitative estimate of drug-likeness (QED) is 0.913. The molecule has 0 fully saturated rings. The smallest absolute Gasteiger partial charge is 0.148 e. The lowest BCUT2D eigenvalue weighted by Gasteiger charge is -2.31. The van der Waals surface area contributed by atoms with Crippen molar-refractivity contribution in [3.8, 4) is 0 Å². The molecule has 0 spiro atoms. The highest BCUT2D eigenvalue weighted by Gasteiger charge is 2.32. The van der Waals surface area contributed by atoms with E-state index in [-0.39, 0.29) is 12.8 Å². The van der Waals surface area contributed by atoms with Gasteiger partial charge in [-0.1, -0.05) is 12.1 Å². The van der Waals surface area contributed by atoms with Gasteiger partial charge in [0.05, 0.1) is 12.3 Å². The maximum absolute atomic E-state index is 9.22. The molecule has 0 saturated carbocycles. The zero-order valence-corrected chi connectivity index (χ0v) is 13.3. The maximum atomic E-state index is 9.22. The summed E-state index contributed by atoms with van der Waals surface area (Å²) in [5.41, 5.74) is 5.09. The topological polar surface area (TPSA) is 60.8 Å². The zero-order valence-electron chi connectivity index (χ0n) is 13.3. The Morgan fingerprint density at radius 1 is 1.08 bits per heavy atom. The van der Waals surface area contributed by atoms with E-state index >= 15 is 0 Å². The molecule has 0 radical (unpaired) electrons. The fourth-order valence-electron chi connectivity index (χ4n) is 3.06. The lowest BCUT2D eigenvalue weighted by atomic mass is 10.1. The van der Waals surface area contributed by atoms with E-state index in [2.05, 4.69) is 32.3 Å². The number of aromatic nitrogens is 1. The monoisotopic (exact) mass is 318 g/mol. The summed E-state index contributed by atoms with van der Waals surface area (Å²) in [5.74, 6) is 0.944. The minimum atomic E-state index is -0.0295. The van der Waals surface area contributed by atoms with E-state index in [1.165, 1.54) is 0 Å². The molecule has 5 heteroatoms. The Kier molecular flexibility index (Phi) is 3.63. The molecule has 5 nitrogen and oxygen atoms in total. The highest BCUT2D eigenvalue weighted by molar-refractivity contribution is 6.00. The zero-order chi connectivity index (χ0) is 16.5. The second-order valence-electron chi connectivity index (χ2n) is 5.81. The first-order valence-corrected chi connectivity index (χ1v) is 7.89. The molecule has 0 saturated heterocycles. The van der Waals surface area contributed by atoms with Crippen LogP contribution in [0.15, 0.2) is 71.6 Å². The summed E-state index contributed by atoms with van der Waals surface area (Å²) in [6.07, 6.45) is 7.66. The van der Waals surface area contributed by atoms with Crippen LogP contribution in [0.4, 0.5) is 5.69 Å². The van der Waals surface area contributed by atoms with Crippen molar-refractivity contribution in [3.63, 3.8) is 0 Å². The first kappa shape index (κ1) is 14.7.